The second-order valence-corrected chi connectivity index (χ2v) is 9.55. The van der Waals surface area contributed by atoms with Gasteiger partial charge >= 0.3 is 12.0 Å². The summed E-state index contributed by atoms with van der Waals surface area (Å²) >= 11 is 0. The largest absolute Gasteiger partial charge is 0.474 e. The van der Waals surface area contributed by atoms with E-state index in [-0.39, 0.29) is 12.6 Å². The molecule has 204 valence electrons. The fourth-order valence-corrected chi connectivity index (χ4v) is 4.28. The highest BCUT2D eigenvalue weighted by Gasteiger charge is 2.24. The zero-order valence-corrected chi connectivity index (χ0v) is 23.0. The van der Waals surface area contributed by atoms with Crippen LogP contribution in [0.4, 0.5) is 10.5 Å². The van der Waals surface area contributed by atoms with Gasteiger partial charge in [-0.05, 0) is 49.2 Å². The van der Waals surface area contributed by atoms with Crippen molar-refractivity contribution in [1.29, 1.82) is 0 Å². The van der Waals surface area contributed by atoms with Crippen molar-refractivity contribution in [1.82, 2.24) is 14.5 Å². The molecule has 0 spiro atoms. The Labute approximate surface area is 229 Å². The summed E-state index contributed by atoms with van der Waals surface area (Å²) in [6.07, 6.45) is 2.13. The molecule has 0 bridgehead atoms. The number of imidazole rings is 1. The predicted octanol–water partition coefficient (Wildman–Crippen LogP) is 6.20. The number of rotatable bonds is 11. The van der Waals surface area contributed by atoms with Gasteiger partial charge in [-0.3, -0.25) is 0 Å². The van der Waals surface area contributed by atoms with Gasteiger partial charge in [-0.2, -0.15) is 0 Å². The van der Waals surface area contributed by atoms with Gasteiger partial charge in [0, 0.05) is 38.3 Å². The summed E-state index contributed by atoms with van der Waals surface area (Å²) in [5, 5.41) is 2.93. The molecule has 0 aliphatic carbocycles. The summed E-state index contributed by atoms with van der Waals surface area (Å²) in [4.78, 5) is 31.2. The average molecular weight is 529 g/mol. The normalized spacial score (nSPS) is 11.7. The Morgan fingerprint density at radius 2 is 1.74 bits per heavy atom. The highest BCUT2D eigenvalue weighted by atomic mass is 16.6. The zero-order valence-electron chi connectivity index (χ0n) is 23.0. The molecule has 0 saturated carbocycles. The molecule has 2 amide bonds. The van der Waals surface area contributed by atoms with Gasteiger partial charge < -0.3 is 24.3 Å². The number of hydrogen-bond acceptors (Lipinski definition) is 5. The molecule has 4 aromatic rings. The van der Waals surface area contributed by atoms with Gasteiger partial charge in [-0.15, -0.1) is 0 Å². The van der Waals surface area contributed by atoms with E-state index in [9.17, 15) is 9.59 Å². The Kier molecular flexibility index (Phi) is 9.20. The smallest absolute Gasteiger partial charge is 0.352 e. The highest BCUT2D eigenvalue weighted by Crippen LogP contribution is 2.26. The number of anilines is 1. The molecule has 4 rings (SSSR count). The predicted molar refractivity (Wildman–Crippen MR) is 153 cm³/mol. The number of amides is 2. The van der Waals surface area contributed by atoms with Crippen LogP contribution < -0.4 is 10.1 Å². The van der Waals surface area contributed by atoms with Gasteiger partial charge in [0.15, 0.2) is 0 Å². The molecule has 8 nitrogen and oxygen atoms in total. The fourth-order valence-electron chi connectivity index (χ4n) is 4.28. The maximum atomic E-state index is 12.6. The molecule has 0 radical (unpaired) electrons. The minimum atomic E-state index is -0.842. The summed E-state index contributed by atoms with van der Waals surface area (Å²) in [6.45, 7) is 4.84. The molecule has 39 heavy (non-hydrogen) atoms. The first-order valence-corrected chi connectivity index (χ1v) is 13.3. The van der Waals surface area contributed by atoms with Gasteiger partial charge in [-0.1, -0.05) is 55.8 Å². The molecule has 1 heterocycles. The van der Waals surface area contributed by atoms with Gasteiger partial charge in [0.1, 0.15) is 11.6 Å². The minimum Gasteiger partial charge on any atom is -0.474 e. The van der Waals surface area contributed by atoms with Crippen LogP contribution in [0.2, 0.25) is 0 Å². The summed E-state index contributed by atoms with van der Waals surface area (Å²) in [5.74, 6) is 1.17. The lowest BCUT2D eigenvalue weighted by atomic mass is 10.1. The SMILES string of the molecule is CCCCc1nc2ccc(NC(=O)N(C)C)cc2n1Cc1ccc(OC(C(=O)OCC)c2ccccc2)cc1. The number of esters is 1. The summed E-state index contributed by atoms with van der Waals surface area (Å²) in [7, 11) is 3.42. The number of nitrogens with one attached hydrogen (secondary N) is 1. The summed E-state index contributed by atoms with van der Waals surface area (Å²) in [6, 6.07) is 22.7. The number of aryl methyl sites for hydroxylation is 1. The van der Waals surface area contributed by atoms with Crippen LogP contribution in [0, 0.1) is 0 Å². The number of urea groups is 1. The number of aromatic nitrogens is 2. The number of hydrogen-bond donors (Lipinski definition) is 1. The number of nitrogens with zero attached hydrogens (tertiary/aromatic N) is 3. The van der Waals surface area contributed by atoms with Crippen molar-refractivity contribution < 1.29 is 19.1 Å². The molecule has 1 N–H and O–H groups in total. The maximum absolute atomic E-state index is 12.6. The van der Waals surface area contributed by atoms with E-state index in [4.69, 9.17) is 14.5 Å². The molecule has 0 aliphatic rings. The van der Waals surface area contributed by atoms with Crippen molar-refractivity contribution in [2.45, 2.75) is 45.8 Å². The van der Waals surface area contributed by atoms with Crippen LogP contribution in [-0.2, 0) is 22.5 Å². The van der Waals surface area contributed by atoms with E-state index in [0.29, 0.717) is 12.3 Å². The van der Waals surface area contributed by atoms with Gasteiger partial charge in [0.25, 0.3) is 0 Å². The maximum Gasteiger partial charge on any atom is 0.352 e. The summed E-state index contributed by atoms with van der Waals surface area (Å²) in [5.41, 5.74) is 4.38. The highest BCUT2D eigenvalue weighted by molar-refractivity contribution is 5.91. The van der Waals surface area contributed by atoms with Crippen molar-refractivity contribution in [2.24, 2.45) is 0 Å². The number of fused-ring (bicyclic) bond motifs is 1. The third kappa shape index (κ3) is 6.96. The monoisotopic (exact) mass is 528 g/mol. The lowest BCUT2D eigenvalue weighted by molar-refractivity contribution is -0.151. The van der Waals surface area contributed by atoms with Crippen LogP contribution >= 0.6 is 0 Å². The van der Waals surface area contributed by atoms with Crippen LogP contribution in [0.15, 0.2) is 72.8 Å². The Balaban J connectivity index is 1.59. The topological polar surface area (TPSA) is 85.7 Å². The molecular weight excluding hydrogens is 492 g/mol. The van der Waals surface area contributed by atoms with Crippen molar-refractivity contribution in [3.8, 4) is 5.75 Å². The molecule has 1 unspecified atom stereocenters. The number of carbonyl (C=O) groups excluding carboxylic acids is 2. The summed E-state index contributed by atoms with van der Waals surface area (Å²) < 4.78 is 13.5. The number of carbonyl (C=O) groups is 2. The van der Waals surface area contributed by atoms with Crippen LogP contribution in [0.1, 0.15) is 49.7 Å². The van der Waals surface area contributed by atoms with Crippen LogP contribution in [0.5, 0.6) is 5.75 Å². The van der Waals surface area contributed by atoms with E-state index in [1.807, 2.05) is 72.8 Å². The Morgan fingerprint density at radius 1 is 1.00 bits per heavy atom. The Hall–Kier alpha value is -4.33. The van der Waals surface area contributed by atoms with E-state index in [1.165, 1.54) is 4.90 Å². The molecular formula is C31H36N4O4. The van der Waals surface area contributed by atoms with Crippen molar-refractivity contribution in [2.75, 3.05) is 26.0 Å². The Bertz CT molecular complexity index is 1400. The molecule has 0 saturated heterocycles. The molecule has 0 fully saturated rings. The number of ether oxygens (including phenoxy) is 2. The first-order valence-electron chi connectivity index (χ1n) is 13.3. The Morgan fingerprint density at radius 3 is 2.41 bits per heavy atom. The van der Waals surface area contributed by atoms with Crippen LogP contribution in [0.25, 0.3) is 11.0 Å². The molecule has 0 aliphatic heterocycles. The number of benzene rings is 3. The van der Waals surface area contributed by atoms with Gasteiger partial charge in [0.05, 0.1) is 17.6 Å². The molecule has 1 aromatic heterocycles. The second-order valence-electron chi connectivity index (χ2n) is 9.55. The third-order valence-corrected chi connectivity index (χ3v) is 6.36. The van der Waals surface area contributed by atoms with Crippen molar-refractivity contribution in [3.05, 3.63) is 89.7 Å². The fraction of sp³-hybridized carbons (Fsp3) is 0.323. The zero-order chi connectivity index (χ0) is 27.8. The van der Waals surface area contributed by atoms with Crippen molar-refractivity contribution in [3.63, 3.8) is 0 Å². The quantitative estimate of drug-likeness (QED) is 0.234. The molecule has 3 aromatic carbocycles. The van der Waals surface area contributed by atoms with E-state index >= 15 is 0 Å². The second kappa shape index (κ2) is 13.0. The first kappa shape index (κ1) is 27.7. The van der Waals surface area contributed by atoms with E-state index in [0.717, 1.165) is 52.9 Å². The van der Waals surface area contributed by atoms with E-state index < -0.39 is 12.1 Å². The van der Waals surface area contributed by atoms with Gasteiger partial charge in [-0.25, -0.2) is 14.6 Å². The van der Waals surface area contributed by atoms with Gasteiger partial charge in [0.2, 0.25) is 6.10 Å². The molecule has 1 atom stereocenters. The van der Waals surface area contributed by atoms with Crippen LogP contribution in [-0.4, -0.2) is 47.2 Å². The third-order valence-electron chi connectivity index (χ3n) is 6.36. The lowest BCUT2D eigenvalue weighted by Gasteiger charge is -2.18. The standard InChI is InChI=1S/C31H36N4O4/c1-5-7-13-28-33-26-19-16-24(32-31(37)34(3)4)20-27(26)35(28)21-22-14-17-25(18-15-22)39-29(30(36)38-6-2)23-11-9-8-10-12-23/h8-12,14-20,29H,5-7,13,21H2,1-4H3,(H,32,37). The minimum absolute atomic E-state index is 0.182. The van der Waals surface area contributed by atoms with Crippen molar-refractivity contribution >= 4 is 28.7 Å². The first-order chi connectivity index (χ1) is 18.9. The van der Waals surface area contributed by atoms with Crippen LogP contribution in [0.3, 0.4) is 0 Å². The lowest BCUT2D eigenvalue weighted by Crippen LogP contribution is -2.27. The van der Waals surface area contributed by atoms with E-state index in [2.05, 4.69) is 16.8 Å². The molecule has 8 heteroatoms. The van der Waals surface area contributed by atoms with E-state index in [1.54, 1.807) is 21.0 Å². The number of unbranched alkanes of at least 4 members (excludes halogenated alkanes) is 1. The average Bonchev–Trinajstić information content (AvgIpc) is 3.28.